The first-order valence-corrected chi connectivity index (χ1v) is 10.4. The van der Waals surface area contributed by atoms with Crippen LogP contribution in [-0.4, -0.2) is 8.07 Å². The zero-order valence-electron chi connectivity index (χ0n) is 13.6. The third kappa shape index (κ3) is 2.38. The summed E-state index contributed by atoms with van der Waals surface area (Å²) in [6, 6.07) is 33.2. The summed E-state index contributed by atoms with van der Waals surface area (Å²) < 4.78 is 0. The summed E-state index contributed by atoms with van der Waals surface area (Å²) in [5, 5.41) is 5.93. The van der Waals surface area contributed by atoms with Gasteiger partial charge in [-0.15, -0.1) is 0 Å². The van der Waals surface area contributed by atoms with E-state index in [4.69, 9.17) is 0 Å². The second-order valence-corrected chi connectivity index (χ2v) is 10.0. The van der Waals surface area contributed by atoms with Crippen molar-refractivity contribution < 1.29 is 0 Å². The van der Waals surface area contributed by atoms with Gasteiger partial charge in [-0.1, -0.05) is 114 Å². The molecule has 0 bridgehead atoms. The zero-order chi connectivity index (χ0) is 16.2. The third-order valence-corrected chi connectivity index (χ3v) is 9.81. The molecule has 0 saturated heterocycles. The summed E-state index contributed by atoms with van der Waals surface area (Å²) in [6.45, 7) is 0. The Balaban J connectivity index is 2.07. The number of hydrogen-bond acceptors (Lipinski definition) is 0. The van der Waals surface area contributed by atoms with Crippen molar-refractivity contribution in [2.24, 2.45) is 0 Å². The van der Waals surface area contributed by atoms with Gasteiger partial charge in [0.2, 0.25) is 0 Å². The van der Waals surface area contributed by atoms with E-state index in [1.165, 1.54) is 15.6 Å². The third-order valence-electron chi connectivity index (χ3n) is 4.87. The molecule has 0 saturated carbocycles. The summed E-state index contributed by atoms with van der Waals surface area (Å²) in [6.07, 6.45) is 7.89. The van der Waals surface area contributed by atoms with Crippen LogP contribution < -0.4 is 15.6 Å². The van der Waals surface area contributed by atoms with Gasteiger partial charge in [0.05, 0.1) is 0 Å². The van der Waals surface area contributed by atoms with Crippen molar-refractivity contribution >= 4 is 23.6 Å². The molecule has 0 aliphatic heterocycles. The Morgan fingerprint density at radius 3 is 1.29 bits per heavy atom. The van der Waals surface area contributed by atoms with E-state index in [-0.39, 0.29) is 0 Å². The molecule has 0 heterocycles. The van der Waals surface area contributed by atoms with Gasteiger partial charge in [0.1, 0.15) is 0 Å². The first-order chi connectivity index (χ1) is 11.9. The lowest BCUT2D eigenvalue weighted by atomic mass is 10.3. The highest BCUT2D eigenvalue weighted by molar-refractivity contribution is 7.16. The quantitative estimate of drug-likeness (QED) is 0.508. The van der Waals surface area contributed by atoms with Gasteiger partial charge < -0.3 is 0 Å². The minimum atomic E-state index is -2.19. The van der Waals surface area contributed by atoms with Gasteiger partial charge in [-0.3, -0.25) is 0 Å². The lowest BCUT2D eigenvalue weighted by molar-refractivity contribution is 1.37. The topological polar surface area (TPSA) is 0 Å². The van der Waals surface area contributed by atoms with Crippen LogP contribution in [0, 0.1) is 0 Å². The van der Waals surface area contributed by atoms with E-state index in [1.54, 1.807) is 5.20 Å². The van der Waals surface area contributed by atoms with E-state index in [0.29, 0.717) is 0 Å². The van der Waals surface area contributed by atoms with Gasteiger partial charge in [-0.25, -0.2) is 0 Å². The molecule has 1 aliphatic carbocycles. The molecule has 0 unspecified atom stereocenters. The molecule has 1 heteroatoms. The maximum absolute atomic E-state index is 2.35. The molecule has 1 aliphatic rings. The average molecular weight is 324 g/mol. The molecule has 24 heavy (non-hydrogen) atoms. The first kappa shape index (κ1) is 14.9. The van der Waals surface area contributed by atoms with Crippen molar-refractivity contribution in [1.82, 2.24) is 0 Å². The van der Waals surface area contributed by atoms with E-state index >= 15 is 0 Å². The second kappa shape index (κ2) is 6.46. The molecule has 0 nitrogen and oxygen atoms in total. The normalized spacial score (nSPS) is 13.8. The Labute approximate surface area is 144 Å². The van der Waals surface area contributed by atoms with Crippen LogP contribution in [0.15, 0.2) is 114 Å². The van der Waals surface area contributed by atoms with Crippen LogP contribution in [-0.2, 0) is 0 Å². The Morgan fingerprint density at radius 1 is 0.542 bits per heavy atom. The van der Waals surface area contributed by atoms with Crippen molar-refractivity contribution in [2.75, 3.05) is 0 Å². The molecular weight excluding hydrogens is 304 g/mol. The van der Waals surface area contributed by atoms with E-state index in [2.05, 4.69) is 109 Å². The van der Waals surface area contributed by atoms with E-state index in [1.807, 2.05) is 0 Å². The highest BCUT2D eigenvalue weighted by Gasteiger charge is 2.42. The molecule has 116 valence electrons. The molecule has 4 rings (SSSR count). The number of rotatable bonds is 4. The van der Waals surface area contributed by atoms with Crippen LogP contribution in [0.3, 0.4) is 0 Å². The van der Waals surface area contributed by atoms with Gasteiger partial charge in [0.15, 0.2) is 8.07 Å². The average Bonchev–Trinajstić information content (AvgIpc) is 3.20. The van der Waals surface area contributed by atoms with Crippen molar-refractivity contribution in [2.45, 2.75) is 6.42 Å². The number of allylic oxidation sites excluding steroid dienone is 4. The van der Waals surface area contributed by atoms with Gasteiger partial charge in [-0.2, -0.15) is 0 Å². The Bertz CT molecular complexity index is 765. The molecule has 0 fully saturated rings. The molecule has 0 atom stereocenters. The van der Waals surface area contributed by atoms with Crippen molar-refractivity contribution in [3.05, 3.63) is 114 Å². The van der Waals surface area contributed by atoms with Gasteiger partial charge >= 0.3 is 0 Å². The van der Waals surface area contributed by atoms with Gasteiger partial charge in [0, 0.05) is 0 Å². The molecule has 3 aromatic carbocycles. The molecule has 0 radical (unpaired) electrons. The summed E-state index contributed by atoms with van der Waals surface area (Å²) >= 11 is 0. The molecule has 0 spiro atoms. The van der Waals surface area contributed by atoms with Gasteiger partial charge in [0.25, 0.3) is 0 Å². The molecule has 0 N–H and O–H groups in total. The summed E-state index contributed by atoms with van der Waals surface area (Å²) in [7, 11) is -2.19. The van der Waals surface area contributed by atoms with Crippen molar-refractivity contribution in [3.8, 4) is 0 Å². The molecule has 3 aromatic rings. The number of hydrogen-bond donors (Lipinski definition) is 0. The predicted octanol–water partition coefficient (Wildman–Crippen LogP) is 3.58. The molecule has 0 amide bonds. The molecular formula is C23H20Si. The van der Waals surface area contributed by atoms with Crippen LogP contribution in [0.1, 0.15) is 6.42 Å². The Morgan fingerprint density at radius 2 is 0.958 bits per heavy atom. The summed E-state index contributed by atoms with van der Waals surface area (Å²) in [5.74, 6) is 0. The fourth-order valence-electron chi connectivity index (χ4n) is 3.85. The summed E-state index contributed by atoms with van der Waals surface area (Å²) in [4.78, 5) is 0. The fourth-order valence-corrected chi connectivity index (χ4v) is 8.81. The smallest absolute Gasteiger partial charge is 0.0808 e. The number of benzene rings is 3. The minimum Gasteiger partial charge on any atom is -0.0808 e. The highest BCUT2D eigenvalue weighted by atomic mass is 28.3. The summed E-state index contributed by atoms with van der Waals surface area (Å²) in [5.41, 5.74) is 0. The second-order valence-electron chi connectivity index (χ2n) is 6.17. The Hall–Kier alpha value is -2.64. The first-order valence-electron chi connectivity index (χ1n) is 8.45. The van der Waals surface area contributed by atoms with E-state index in [0.717, 1.165) is 6.42 Å². The van der Waals surface area contributed by atoms with E-state index < -0.39 is 8.07 Å². The fraction of sp³-hybridized carbons (Fsp3) is 0.0435. The van der Waals surface area contributed by atoms with E-state index in [9.17, 15) is 0 Å². The predicted molar refractivity (Wildman–Crippen MR) is 106 cm³/mol. The minimum absolute atomic E-state index is 1.05. The van der Waals surface area contributed by atoms with Crippen LogP contribution in [0.2, 0.25) is 0 Å². The maximum Gasteiger partial charge on any atom is 0.175 e. The van der Waals surface area contributed by atoms with Crippen molar-refractivity contribution in [1.29, 1.82) is 0 Å². The van der Waals surface area contributed by atoms with Crippen molar-refractivity contribution in [3.63, 3.8) is 0 Å². The van der Waals surface area contributed by atoms with Crippen LogP contribution in [0.4, 0.5) is 0 Å². The zero-order valence-corrected chi connectivity index (χ0v) is 14.6. The van der Waals surface area contributed by atoms with Gasteiger partial charge in [-0.05, 0) is 22.0 Å². The van der Waals surface area contributed by atoms with Crippen LogP contribution in [0.25, 0.3) is 0 Å². The van der Waals surface area contributed by atoms with Crippen LogP contribution >= 0.6 is 0 Å². The SMILES string of the molecule is C1=CCC([Si](c2ccccc2)(c2ccccc2)c2ccccc2)=C1. The highest BCUT2D eigenvalue weighted by Crippen LogP contribution is 2.23. The Kier molecular flexibility index (Phi) is 4.02. The maximum atomic E-state index is 2.35. The van der Waals surface area contributed by atoms with Crippen LogP contribution in [0.5, 0.6) is 0 Å². The lowest BCUT2D eigenvalue weighted by Crippen LogP contribution is -2.68. The largest absolute Gasteiger partial charge is 0.175 e. The lowest BCUT2D eigenvalue weighted by Gasteiger charge is -2.35. The molecule has 0 aromatic heterocycles. The standard InChI is InChI=1S/C23H20Si/c1-4-12-20(13-5-1)24(23-18-10-11-19-23,21-14-6-2-7-15-21)22-16-8-3-9-17-22/h1-18H,19H2. The monoisotopic (exact) mass is 324 g/mol.